The van der Waals surface area contributed by atoms with Gasteiger partial charge in [-0.15, -0.1) is 0 Å². The largest absolute Gasteiger partial charge is 0.370 e. The summed E-state index contributed by atoms with van der Waals surface area (Å²) >= 11 is 0. The van der Waals surface area contributed by atoms with E-state index < -0.39 is 0 Å². The molecule has 0 fully saturated rings. The molecule has 1 aromatic heterocycles. The number of nitrogens with zero attached hydrogens (tertiary/aromatic N) is 3. The third kappa shape index (κ3) is 4.13. The standard InChI is InChI=1S/C14H19N5/c15-14(16)18-11-13-17-8-10-19(13)9-4-7-12-5-2-1-3-6-12/h1-3,5-6,8,10H,4,7,9,11H2,(H4,15,16,18). The van der Waals surface area contributed by atoms with Crippen molar-refractivity contribution in [2.24, 2.45) is 16.5 Å². The maximum Gasteiger partial charge on any atom is 0.186 e. The van der Waals surface area contributed by atoms with Crippen LogP contribution in [0.3, 0.4) is 0 Å². The summed E-state index contributed by atoms with van der Waals surface area (Å²) in [5, 5.41) is 0. The van der Waals surface area contributed by atoms with E-state index in [9.17, 15) is 0 Å². The molecule has 0 unspecified atom stereocenters. The second-order valence-electron chi connectivity index (χ2n) is 4.37. The molecule has 0 aliphatic carbocycles. The maximum absolute atomic E-state index is 5.33. The number of rotatable bonds is 6. The van der Waals surface area contributed by atoms with Gasteiger partial charge in [0.2, 0.25) is 0 Å². The summed E-state index contributed by atoms with van der Waals surface area (Å²) in [5.74, 6) is 0.986. The SMILES string of the molecule is NC(N)=NCc1nccn1CCCc1ccccc1. The molecule has 1 heterocycles. The molecule has 19 heavy (non-hydrogen) atoms. The van der Waals surface area contributed by atoms with Crippen LogP contribution in [0.4, 0.5) is 0 Å². The molecule has 0 radical (unpaired) electrons. The monoisotopic (exact) mass is 257 g/mol. The summed E-state index contributed by atoms with van der Waals surface area (Å²) in [4.78, 5) is 8.24. The number of aliphatic imine (C=N–C) groups is 1. The Hall–Kier alpha value is -2.30. The van der Waals surface area contributed by atoms with E-state index in [0.717, 1.165) is 25.2 Å². The van der Waals surface area contributed by atoms with E-state index in [-0.39, 0.29) is 5.96 Å². The van der Waals surface area contributed by atoms with Gasteiger partial charge in [-0.05, 0) is 18.4 Å². The third-order valence-electron chi connectivity index (χ3n) is 2.91. The normalized spacial score (nSPS) is 10.3. The summed E-state index contributed by atoms with van der Waals surface area (Å²) < 4.78 is 2.09. The zero-order valence-corrected chi connectivity index (χ0v) is 10.9. The highest BCUT2D eigenvalue weighted by molar-refractivity contribution is 5.75. The molecule has 0 aliphatic rings. The van der Waals surface area contributed by atoms with E-state index in [2.05, 4.69) is 38.8 Å². The molecule has 0 aliphatic heterocycles. The number of hydrogen-bond acceptors (Lipinski definition) is 2. The van der Waals surface area contributed by atoms with Gasteiger partial charge in [-0.3, -0.25) is 0 Å². The highest BCUT2D eigenvalue weighted by Crippen LogP contribution is 2.06. The van der Waals surface area contributed by atoms with Crippen LogP contribution in [-0.2, 0) is 19.5 Å². The summed E-state index contributed by atoms with van der Waals surface area (Å²) in [7, 11) is 0. The van der Waals surface area contributed by atoms with Crippen LogP contribution in [0.5, 0.6) is 0 Å². The fourth-order valence-electron chi connectivity index (χ4n) is 1.96. The Kier molecular flexibility index (Phi) is 4.55. The van der Waals surface area contributed by atoms with Gasteiger partial charge < -0.3 is 16.0 Å². The van der Waals surface area contributed by atoms with Crippen molar-refractivity contribution in [2.45, 2.75) is 25.9 Å². The van der Waals surface area contributed by atoms with Gasteiger partial charge in [-0.1, -0.05) is 30.3 Å². The number of benzene rings is 1. The number of aromatic nitrogens is 2. The summed E-state index contributed by atoms with van der Waals surface area (Å²) in [5.41, 5.74) is 12.0. The predicted molar refractivity (Wildman–Crippen MR) is 76.5 cm³/mol. The van der Waals surface area contributed by atoms with Crippen molar-refractivity contribution in [3.8, 4) is 0 Å². The average molecular weight is 257 g/mol. The van der Waals surface area contributed by atoms with Crippen molar-refractivity contribution in [1.82, 2.24) is 9.55 Å². The Bertz CT molecular complexity index is 526. The molecule has 0 atom stereocenters. The Balaban J connectivity index is 1.86. The van der Waals surface area contributed by atoms with Crippen LogP contribution >= 0.6 is 0 Å². The fourth-order valence-corrected chi connectivity index (χ4v) is 1.96. The molecule has 0 spiro atoms. The number of hydrogen-bond donors (Lipinski definition) is 2. The Morgan fingerprint density at radius 3 is 2.74 bits per heavy atom. The highest BCUT2D eigenvalue weighted by Gasteiger charge is 2.02. The average Bonchev–Trinajstić information content (AvgIpc) is 2.85. The smallest absolute Gasteiger partial charge is 0.186 e. The van der Waals surface area contributed by atoms with Crippen LogP contribution < -0.4 is 11.5 Å². The molecule has 4 N–H and O–H groups in total. The molecular weight excluding hydrogens is 238 g/mol. The quantitative estimate of drug-likeness (QED) is 0.604. The molecule has 2 rings (SSSR count). The van der Waals surface area contributed by atoms with Crippen molar-refractivity contribution in [3.63, 3.8) is 0 Å². The van der Waals surface area contributed by atoms with Crippen LogP contribution in [0.1, 0.15) is 17.8 Å². The van der Waals surface area contributed by atoms with Gasteiger partial charge in [0.15, 0.2) is 5.96 Å². The van der Waals surface area contributed by atoms with E-state index in [1.54, 1.807) is 6.20 Å². The lowest BCUT2D eigenvalue weighted by molar-refractivity contribution is 0.611. The van der Waals surface area contributed by atoms with Crippen LogP contribution in [0.2, 0.25) is 0 Å². The molecule has 100 valence electrons. The topological polar surface area (TPSA) is 82.2 Å². The minimum absolute atomic E-state index is 0.0961. The number of guanidine groups is 1. The molecule has 1 aromatic carbocycles. The lowest BCUT2D eigenvalue weighted by atomic mass is 10.1. The van der Waals surface area contributed by atoms with Crippen LogP contribution in [0.25, 0.3) is 0 Å². The van der Waals surface area contributed by atoms with Crippen molar-refractivity contribution < 1.29 is 0 Å². The molecule has 0 saturated carbocycles. The first-order valence-corrected chi connectivity index (χ1v) is 6.35. The molecular formula is C14H19N5. The second kappa shape index (κ2) is 6.58. The third-order valence-corrected chi connectivity index (χ3v) is 2.91. The minimum Gasteiger partial charge on any atom is -0.370 e. The Labute approximate surface area is 113 Å². The van der Waals surface area contributed by atoms with Gasteiger partial charge in [-0.25, -0.2) is 9.98 Å². The molecule has 5 heteroatoms. The van der Waals surface area contributed by atoms with Gasteiger partial charge in [0.25, 0.3) is 0 Å². The second-order valence-corrected chi connectivity index (χ2v) is 4.37. The lowest BCUT2D eigenvalue weighted by Crippen LogP contribution is -2.23. The number of nitrogens with two attached hydrogens (primary N) is 2. The fraction of sp³-hybridized carbons (Fsp3) is 0.286. The van der Waals surface area contributed by atoms with Gasteiger partial charge >= 0.3 is 0 Å². The van der Waals surface area contributed by atoms with Crippen LogP contribution in [-0.4, -0.2) is 15.5 Å². The van der Waals surface area contributed by atoms with E-state index in [1.165, 1.54) is 5.56 Å². The number of imidazole rings is 1. The molecule has 0 saturated heterocycles. The first-order chi connectivity index (χ1) is 9.25. The first kappa shape index (κ1) is 13.1. The maximum atomic E-state index is 5.33. The van der Waals surface area contributed by atoms with E-state index in [0.29, 0.717) is 6.54 Å². The van der Waals surface area contributed by atoms with Crippen molar-refractivity contribution in [3.05, 3.63) is 54.1 Å². The van der Waals surface area contributed by atoms with Crippen molar-refractivity contribution in [2.75, 3.05) is 0 Å². The molecule has 0 amide bonds. The van der Waals surface area contributed by atoms with Gasteiger partial charge in [0, 0.05) is 18.9 Å². The lowest BCUT2D eigenvalue weighted by Gasteiger charge is -2.06. The molecule has 5 nitrogen and oxygen atoms in total. The van der Waals surface area contributed by atoms with Gasteiger partial charge in [-0.2, -0.15) is 0 Å². The Morgan fingerprint density at radius 1 is 1.21 bits per heavy atom. The molecule has 0 bridgehead atoms. The van der Waals surface area contributed by atoms with Crippen LogP contribution in [0, 0.1) is 0 Å². The highest BCUT2D eigenvalue weighted by atomic mass is 15.1. The summed E-state index contributed by atoms with van der Waals surface area (Å²) in [6.45, 7) is 1.35. The van der Waals surface area contributed by atoms with E-state index >= 15 is 0 Å². The molecule has 2 aromatic rings. The minimum atomic E-state index is 0.0961. The van der Waals surface area contributed by atoms with Crippen molar-refractivity contribution >= 4 is 5.96 Å². The Morgan fingerprint density at radius 2 is 2.00 bits per heavy atom. The predicted octanol–water partition coefficient (Wildman–Crippen LogP) is 1.29. The zero-order valence-electron chi connectivity index (χ0n) is 10.9. The first-order valence-electron chi connectivity index (χ1n) is 6.35. The number of aryl methyl sites for hydroxylation is 2. The summed E-state index contributed by atoms with van der Waals surface area (Å²) in [6, 6.07) is 10.5. The summed E-state index contributed by atoms with van der Waals surface area (Å²) in [6.07, 6.45) is 5.86. The van der Waals surface area contributed by atoms with E-state index in [1.807, 2.05) is 12.3 Å². The zero-order chi connectivity index (χ0) is 13.5. The van der Waals surface area contributed by atoms with Crippen LogP contribution in [0.15, 0.2) is 47.7 Å². The van der Waals surface area contributed by atoms with Gasteiger partial charge in [0.1, 0.15) is 12.4 Å². The van der Waals surface area contributed by atoms with Crippen molar-refractivity contribution in [1.29, 1.82) is 0 Å². The van der Waals surface area contributed by atoms with Gasteiger partial charge in [0.05, 0.1) is 0 Å². The van der Waals surface area contributed by atoms with E-state index in [4.69, 9.17) is 11.5 Å².